The molecule has 0 saturated heterocycles. The maximum Gasteiger partial charge on any atom is 0.307 e. The van der Waals surface area contributed by atoms with Gasteiger partial charge in [-0.1, -0.05) is 12.1 Å². The molecule has 0 spiro atoms. The number of phenols is 1. The van der Waals surface area contributed by atoms with E-state index in [0.717, 1.165) is 0 Å². The Hall–Kier alpha value is -3.68. The standard InChI is InChI=1S/C18H16N4O4/c1-11-13(10-20-22(11)16-4-2-3-7-19-16)18(26)21-14-8-12(9-17(24)25)5-6-15(14)23/h2-8,10,23H,9H2,1H3,(H,21,26)(H,24,25). The van der Waals surface area contributed by atoms with E-state index in [2.05, 4.69) is 15.4 Å². The number of amides is 1. The van der Waals surface area contributed by atoms with Crippen LogP contribution in [0.1, 0.15) is 21.6 Å². The second-order valence-electron chi connectivity index (χ2n) is 5.62. The molecular weight excluding hydrogens is 336 g/mol. The predicted octanol–water partition coefficient (Wildman–Crippen LogP) is 2.16. The van der Waals surface area contributed by atoms with Crippen LogP contribution in [0.2, 0.25) is 0 Å². The van der Waals surface area contributed by atoms with E-state index < -0.39 is 11.9 Å². The summed E-state index contributed by atoms with van der Waals surface area (Å²) in [6.07, 6.45) is 2.83. The summed E-state index contributed by atoms with van der Waals surface area (Å²) in [5, 5.41) is 25.6. The first kappa shape index (κ1) is 17.2. The number of benzene rings is 1. The summed E-state index contributed by atoms with van der Waals surface area (Å²) in [4.78, 5) is 27.6. The van der Waals surface area contributed by atoms with Crippen molar-refractivity contribution in [2.75, 3.05) is 5.32 Å². The SMILES string of the molecule is Cc1c(C(=O)Nc2cc(CC(=O)O)ccc2O)cnn1-c1ccccn1. The highest BCUT2D eigenvalue weighted by molar-refractivity contribution is 6.05. The second-order valence-corrected chi connectivity index (χ2v) is 5.62. The van der Waals surface area contributed by atoms with E-state index >= 15 is 0 Å². The van der Waals surface area contributed by atoms with Crippen LogP contribution in [0.4, 0.5) is 5.69 Å². The molecule has 0 saturated carbocycles. The van der Waals surface area contributed by atoms with Crippen molar-refractivity contribution in [3.8, 4) is 11.6 Å². The van der Waals surface area contributed by atoms with Crippen LogP contribution in [0, 0.1) is 6.92 Å². The molecule has 1 aromatic carbocycles. The summed E-state index contributed by atoms with van der Waals surface area (Å²) in [5.41, 5.74) is 1.51. The normalized spacial score (nSPS) is 10.5. The van der Waals surface area contributed by atoms with Crippen molar-refractivity contribution in [2.45, 2.75) is 13.3 Å². The predicted molar refractivity (Wildman–Crippen MR) is 93.5 cm³/mol. The van der Waals surface area contributed by atoms with Crippen LogP contribution >= 0.6 is 0 Å². The van der Waals surface area contributed by atoms with E-state index in [9.17, 15) is 14.7 Å². The Balaban J connectivity index is 1.85. The number of pyridine rings is 1. The first-order valence-corrected chi connectivity index (χ1v) is 7.77. The van der Waals surface area contributed by atoms with Crippen LogP contribution in [-0.2, 0) is 11.2 Å². The lowest BCUT2D eigenvalue weighted by molar-refractivity contribution is -0.136. The molecule has 0 aliphatic heterocycles. The van der Waals surface area contributed by atoms with Crippen molar-refractivity contribution in [2.24, 2.45) is 0 Å². The highest BCUT2D eigenvalue weighted by Crippen LogP contribution is 2.25. The lowest BCUT2D eigenvalue weighted by atomic mass is 10.1. The van der Waals surface area contributed by atoms with Gasteiger partial charge in [-0.2, -0.15) is 5.10 Å². The van der Waals surface area contributed by atoms with Gasteiger partial charge < -0.3 is 15.5 Å². The van der Waals surface area contributed by atoms with Gasteiger partial charge in [0.05, 0.1) is 29.6 Å². The third-order valence-corrected chi connectivity index (χ3v) is 3.79. The van der Waals surface area contributed by atoms with E-state index in [4.69, 9.17) is 5.11 Å². The smallest absolute Gasteiger partial charge is 0.307 e. The van der Waals surface area contributed by atoms with E-state index in [-0.39, 0.29) is 17.9 Å². The molecule has 3 rings (SSSR count). The molecule has 3 N–H and O–H groups in total. The largest absolute Gasteiger partial charge is 0.506 e. The number of nitrogens with one attached hydrogen (secondary N) is 1. The van der Waals surface area contributed by atoms with Crippen LogP contribution in [0.25, 0.3) is 5.82 Å². The molecule has 3 aromatic rings. The quantitative estimate of drug-likeness (QED) is 0.606. The first-order chi connectivity index (χ1) is 12.5. The van der Waals surface area contributed by atoms with Gasteiger partial charge in [0, 0.05) is 6.20 Å². The number of carboxylic acids is 1. The van der Waals surface area contributed by atoms with Gasteiger partial charge in [0.2, 0.25) is 0 Å². The lowest BCUT2D eigenvalue weighted by Gasteiger charge is -2.09. The van der Waals surface area contributed by atoms with Crippen molar-refractivity contribution < 1.29 is 19.8 Å². The Morgan fingerprint density at radius 3 is 2.73 bits per heavy atom. The van der Waals surface area contributed by atoms with Gasteiger partial charge in [0.1, 0.15) is 5.75 Å². The maximum atomic E-state index is 12.6. The minimum atomic E-state index is -1.000. The summed E-state index contributed by atoms with van der Waals surface area (Å²) < 4.78 is 1.54. The van der Waals surface area contributed by atoms with Gasteiger partial charge in [-0.15, -0.1) is 0 Å². The molecule has 0 bridgehead atoms. The van der Waals surface area contributed by atoms with E-state index in [1.54, 1.807) is 25.3 Å². The molecule has 26 heavy (non-hydrogen) atoms. The molecule has 132 valence electrons. The molecule has 2 heterocycles. The molecule has 1 amide bonds. The Labute approximate surface area is 148 Å². The van der Waals surface area contributed by atoms with E-state index in [1.165, 1.54) is 29.1 Å². The summed E-state index contributed by atoms with van der Waals surface area (Å²) in [5.74, 6) is -1.04. The topological polar surface area (TPSA) is 117 Å². The van der Waals surface area contributed by atoms with Gasteiger partial charge in [0.15, 0.2) is 5.82 Å². The molecule has 2 aromatic heterocycles. The number of aliphatic carboxylic acids is 1. The van der Waals surface area contributed by atoms with Crippen molar-refractivity contribution >= 4 is 17.6 Å². The van der Waals surface area contributed by atoms with Gasteiger partial charge in [-0.05, 0) is 36.8 Å². The van der Waals surface area contributed by atoms with Gasteiger partial charge >= 0.3 is 5.97 Å². The summed E-state index contributed by atoms with van der Waals surface area (Å²) >= 11 is 0. The average molecular weight is 352 g/mol. The molecule has 0 aliphatic carbocycles. The molecule has 0 unspecified atom stereocenters. The average Bonchev–Trinajstić information content (AvgIpc) is 3.00. The fraction of sp³-hybridized carbons (Fsp3) is 0.111. The van der Waals surface area contributed by atoms with Gasteiger partial charge in [-0.3, -0.25) is 9.59 Å². The fourth-order valence-electron chi connectivity index (χ4n) is 2.50. The van der Waals surface area contributed by atoms with Crippen molar-refractivity contribution in [1.29, 1.82) is 0 Å². The summed E-state index contributed by atoms with van der Waals surface area (Å²) in [6, 6.07) is 9.63. The minimum Gasteiger partial charge on any atom is -0.506 e. The number of phenolic OH excluding ortho intramolecular Hbond substituents is 1. The Morgan fingerprint density at radius 2 is 2.04 bits per heavy atom. The molecule has 0 fully saturated rings. The van der Waals surface area contributed by atoms with Crippen molar-refractivity contribution in [3.05, 3.63) is 65.6 Å². The zero-order chi connectivity index (χ0) is 18.7. The number of carbonyl (C=O) groups is 2. The number of hydrogen-bond acceptors (Lipinski definition) is 5. The van der Waals surface area contributed by atoms with Crippen LogP contribution in [0.3, 0.4) is 0 Å². The number of carbonyl (C=O) groups excluding carboxylic acids is 1. The number of aromatic nitrogens is 3. The maximum absolute atomic E-state index is 12.6. The monoisotopic (exact) mass is 352 g/mol. The number of carboxylic acid groups (broad SMARTS) is 1. The zero-order valence-electron chi connectivity index (χ0n) is 13.9. The number of hydrogen-bond donors (Lipinski definition) is 3. The molecule has 8 heteroatoms. The summed E-state index contributed by atoms with van der Waals surface area (Å²) in [7, 11) is 0. The van der Waals surface area contributed by atoms with Crippen LogP contribution < -0.4 is 5.32 Å². The molecule has 0 radical (unpaired) electrons. The highest BCUT2D eigenvalue weighted by atomic mass is 16.4. The van der Waals surface area contributed by atoms with Crippen LogP contribution in [0.15, 0.2) is 48.8 Å². The minimum absolute atomic E-state index is 0.138. The Morgan fingerprint density at radius 1 is 1.23 bits per heavy atom. The highest BCUT2D eigenvalue weighted by Gasteiger charge is 2.17. The first-order valence-electron chi connectivity index (χ1n) is 7.77. The van der Waals surface area contributed by atoms with Crippen molar-refractivity contribution in [3.63, 3.8) is 0 Å². The lowest BCUT2D eigenvalue weighted by Crippen LogP contribution is -2.14. The van der Waals surface area contributed by atoms with Crippen LogP contribution in [0.5, 0.6) is 5.75 Å². The molecule has 0 atom stereocenters. The fourth-order valence-corrected chi connectivity index (χ4v) is 2.50. The second kappa shape index (κ2) is 7.06. The number of anilines is 1. The molecule has 0 aliphatic rings. The molecular formula is C18H16N4O4. The zero-order valence-corrected chi connectivity index (χ0v) is 13.9. The number of rotatable bonds is 5. The third-order valence-electron chi connectivity index (χ3n) is 3.79. The van der Waals surface area contributed by atoms with E-state index in [1.807, 2.05) is 6.07 Å². The number of aromatic hydroxyl groups is 1. The van der Waals surface area contributed by atoms with Gasteiger partial charge in [0.25, 0.3) is 5.91 Å². The summed E-state index contributed by atoms with van der Waals surface area (Å²) in [6.45, 7) is 1.73. The van der Waals surface area contributed by atoms with E-state index in [0.29, 0.717) is 22.6 Å². The number of nitrogens with zero attached hydrogens (tertiary/aromatic N) is 3. The van der Waals surface area contributed by atoms with Gasteiger partial charge in [-0.25, -0.2) is 9.67 Å². The molecule has 8 nitrogen and oxygen atoms in total. The van der Waals surface area contributed by atoms with Crippen LogP contribution in [-0.4, -0.2) is 36.9 Å². The van der Waals surface area contributed by atoms with Crippen molar-refractivity contribution in [1.82, 2.24) is 14.8 Å². The third kappa shape index (κ3) is 3.54. The Kier molecular flexibility index (Phi) is 4.66. The Bertz CT molecular complexity index is 967.